The van der Waals surface area contributed by atoms with E-state index in [0.29, 0.717) is 24.7 Å². The molecule has 0 unspecified atom stereocenters. The molecular formula is C14H19F3N2O. The fourth-order valence-electron chi connectivity index (χ4n) is 1.53. The van der Waals surface area contributed by atoms with Gasteiger partial charge in [-0.05, 0) is 24.1 Å². The Hall–Kier alpha value is -1.72. The second-order valence-corrected chi connectivity index (χ2v) is 4.95. The lowest BCUT2D eigenvalue weighted by atomic mass is 10.2. The quantitative estimate of drug-likeness (QED) is 0.843. The van der Waals surface area contributed by atoms with E-state index in [0.717, 1.165) is 12.1 Å². The highest BCUT2D eigenvalue weighted by Gasteiger charge is 2.30. The van der Waals surface area contributed by atoms with Crippen LogP contribution in [0.5, 0.6) is 0 Å². The van der Waals surface area contributed by atoms with Crippen LogP contribution in [-0.4, -0.2) is 19.0 Å². The molecule has 0 heterocycles. The van der Waals surface area contributed by atoms with Crippen molar-refractivity contribution < 1.29 is 18.0 Å². The summed E-state index contributed by atoms with van der Waals surface area (Å²) in [7, 11) is 0. The summed E-state index contributed by atoms with van der Waals surface area (Å²) < 4.78 is 37.5. The highest BCUT2D eigenvalue weighted by molar-refractivity contribution is 5.76. The Morgan fingerprint density at radius 3 is 2.60 bits per heavy atom. The molecule has 20 heavy (non-hydrogen) atoms. The molecule has 0 atom stereocenters. The summed E-state index contributed by atoms with van der Waals surface area (Å²) in [5, 5.41) is 5.56. The number of anilines is 1. The summed E-state index contributed by atoms with van der Waals surface area (Å²) in [5.74, 6) is 0.258. The Balaban J connectivity index is 2.41. The van der Waals surface area contributed by atoms with Crippen molar-refractivity contribution in [2.24, 2.45) is 5.92 Å². The second kappa shape index (κ2) is 7.17. The first-order valence-electron chi connectivity index (χ1n) is 6.47. The minimum Gasteiger partial charge on any atom is -0.385 e. The van der Waals surface area contributed by atoms with Gasteiger partial charge in [-0.3, -0.25) is 4.79 Å². The Morgan fingerprint density at radius 1 is 1.30 bits per heavy atom. The van der Waals surface area contributed by atoms with Crippen LogP contribution in [0.25, 0.3) is 0 Å². The first kappa shape index (κ1) is 16.3. The zero-order valence-electron chi connectivity index (χ0n) is 11.6. The predicted molar refractivity (Wildman–Crippen MR) is 72.4 cm³/mol. The van der Waals surface area contributed by atoms with Crippen LogP contribution in [0, 0.1) is 5.92 Å². The molecule has 1 aromatic rings. The topological polar surface area (TPSA) is 41.1 Å². The summed E-state index contributed by atoms with van der Waals surface area (Å²) in [4.78, 5) is 11.4. The first-order chi connectivity index (χ1) is 9.29. The largest absolute Gasteiger partial charge is 0.416 e. The van der Waals surface area contributed by atoms with Gasteiger partial charge in [0.1, 0.15) is 0 Å². The van der Waals surface area contributed by atoms with Crippen LogP contribution in [0.4, 0.5) is 18.9 Å². The van der Waals surface area contributed by atoms with E-state index < -0.39 is 11.7 Å². The van der Waals surface area contributed by atoms with E-state index in [9.17, 15) is 18.0 Å². The highest BCUT2D eigenvalue weighted by atomic mass is 19.4. The summed E-state index contributed by atoms with van der Waals surface area (Å²) in [6.45, 7) is 4.87. The van der Waals surface area contributed by atoms with Crippen molar-refractivity contribution >= 4 is 11.6 Å². The van der Waals surface area contributed by atoms with Gasteiger partial charge in [0, 0.05) is 25.2 Å². The van der Waals surface area contributed by atoms with Gasteiger partial charge in [0.15, 0.2) is 0 Å². The van der Waals surface area contributed by atoms with Crippen molar-refractivity contribution in [2.75, 3.05) is 18.4 Å². The van der Waals surface area contributed by atoms with Crippen molar-refractivity contribution in [1.29, 1.82) is 0 Å². The number of rotatable bonds is 6. The number of hydrogen-bond donors (Lipinski definition) is 2. The first-order valence-corrected chi connectivity index (χ1v) is 6.47. The lowest BCUT2D eigenvalue weighted by molar-refractivity contribution is -0.137. The number of amides is 1. The third-order valence-electron chi connectivity index (χ3n) is 2.58. The Labute approximate surface area is 116 Å². The number of alkyl halides is 3. The molecule has 0 aliphatic carbocycles. The van der Waals surface area contributed by atoms with E-state index in [1.54, 1.807) is 6.07 Å². The van der Waals surface area contributed by atoms with Crippen LogP contribution in [0.1, 0.15) is 25.8 Å². The van der Waals surface area contributed by atoms with E-state index in [2.05, 4.69) is 10.6 Å². The summed E-state index contributed by atoms with van der Waals surface area (Å²) in [5.41, 5.74) is -0.344. The SMILES string of the molecule is CC(C)CNC(=O)CCNc1cccc(C(F)(F)F)c1. The summed E-state index contributed by atoms with van der Waals surface area (Å²) in [6.07, 6.45) is -4.13. The molecule has 0 bridgehead atoms. The molecule has 1 amide bonds. The third-order valence-corrected chi connectivity index (χ3v) is 2.58. The lowest BCUT2D eigenvalue weighted by Gasteiger charge is -2.11. The Morgan fingerprint density at radius 2 is 2.00 bits per heavy atom. The molecule has 0 fully saturated rings. The van der Waals surface area contributed by atoms with Crippen LogP contribution < -0.4 is 10.6 Å². The fraction of sp³-hybridized carbons (Fsp3) is 0.500. The maximum atomic E-state index is 12.5. The zero-order valence-corrected chi connectivity index (χ0v) is 11.6. The molecule has 0 radical (unpaired) electrons. The summed E-state index contributed by atoms with van der Waals surface area (Å²) in [6, 6.07) is 4.93. The average molecular weight is 288 g/mol. The highest BCUT2D eigenvalue weighted by Crippen LogP contribution is 2.30. The number of carbonyl (C=O) groups is 1. The van der Waals surface area contributed by atoms with Crippen molar-refractivity contribution in [2.45, 2.75) is 26.4 Å². The molecule has 0 aliphatic rings. The minimum atomic E-state index is -4.35. The maximum absolute atomic E-state index is 12.5. The number of benzene rings is 1. The van der Waals surface area contributed by atoms with Gasteiger partial charge in [-0.25, -0.2) is 0 Å². The van der Waals surface area contributed by atoms with E-state index >= 15 is 0 Å². The van der Waals surface area contributed by atoms with Crippen LogP contribution >= 0.6 is 0 Å². The average Bonchev–Trinajstić information content (AvgIpc) is 2.36. The molecule has 2 N–H and O–H groups in total. The van der Waals surface area contributed by atoms with Crippen molar-refractivity contribution in [3.63, 3.8) is 0 Å². The molecule has 0 saturated heterocycles. The molecule has 0 saturated carbocycles. The van der Waals surface area contributed by atoms with Gasteiger partial charge in [-0.1, -0.05) is 19.9 Å². The molecule has 0 aliphatic heterocycles. The number of hydrogen-bond acceptors (Lipinski definition) is 2. The van der Waals surface area contributed by atoms with Crippen molar-refractivity contribution in [1.82, 2.24) is 5.32 Å². The van der Waals surface area contributed by atoms with Gasteiger partial charge >= 0.3 is 6.18 Å². The second-order valence-electron chi connectivity index (χ2n) is 4.95. The van der Waals surface area contributed by atoms with Crippen molar-refractivity contribution in [3.8, 4) is 0 Å². The molecule has 0 spiro atoms. The van der Waals surface area contributed by atoms with Gasteiger partial charge in [0.05, 0.1) is 5.56 Å². The van der Waals surface area contributed by atoms with Gasteiger partial charge in [-0.2, -0.15) is 13.2 Å². The zero-order chi connectivity index (χ0) is 15.2. The summed E-state index contributed by atoms with van der Waals surface area (Å²) >= 11 is 0. The van der Waals surface area contributed by atoms with E-state index in [1.807, 2.05) is 13.8 Å². The maximum Gasteiger partial charge on any atom is 0.416 e. The van der Waals surface area contributed by atoms with Gasteiger partial charge in [0.25, 0.3) is 0 Å². The fourth-order valence-corrected chi connectivity index (χ4v) is 1.53. The molecular weight excluding hydrogens is 269 g/mol. The lowest BCUT2D eigenvalue weighted by Crippen LogP contribution is -2.28. The third kappa shape index (κ3) is 5.95. The molecule has 3 nitrogen and oxygen atoms in total. The standard InChI is InChI=1S/C14H19F3N2O/c1-10(2)9-19-13(20)6-7-18-12-5-3-4-11(8-12)14(15,16)17/h3-5,8,10,18H,6-7,9H2,1-2H3,(H,19,20). The van der Waals surface area contributed by atoms with E-state index in [-0.39, 0.29) is 12.3 Å². The number of halogens is 3. The van der Waals surface area contributed by atoms with Gasteiger partial charge in [0.2, 0.25) is 5.91 Å². The number of nitrogens with one attached hydrogen (secondary N) is 2. The molecule has 1 rings (SSSR count). The van der Waals surface area contributed by atoms with Crippen molar-refractivity contribution in [3.05, 3.63) is 29.8 Å². The van der Waals surface area contributed by atoms with Crippen LogP contribution in [0.2, 0.25) is 0 Å². The monoisotopic (exact) mass is 288 g/mol. The normalized spacial score (nSPS) is 11.5. The molecule has 1 aromatic carbocycles. The van der Waals surface area contributed by atoms with Gasteiger partial charge in [-0.15, -0.1) is 0 Å². The Bertz CT molecular complexity index is 444. The van der Waals surface area contributed by atoms with E-state index in [4.69, 9.17) is 0 Å². The van der Waals surface area contributed by atoms with E-state index in [1.165, 1.54) is 6.07 Å². The van der Waals surface area contributed by atoms with Crippen LogP contribution in [-0.2, 0) is 11.0 Å². The van der Waals surface area contributed by atoms with Gasteiger partial charge < -0.3 is 10.6 Å². The molecule has 0 aromatic heterocycles. The Kier molecular flexibility index (Phi) is 5.85. The number of carbonyl (C=O) groups excluding carboxylic acids is 1. The smallest absolute Gasteiger partial charge is 0.385 e. The van der Waals surface area contributed by atoms with Crippen LogP contribution in [0.15, 0.2) is 24.3 Å². The predicted octanol–water partition coefficient (Wildman–Crippen LogP) is 3.28. The van der Waals surface area contributed by atoms with Crippen LogP contribution in [0.3, 0.4) is 0 Å². The molecule has 112 valence electrons. The molecule has 6 heteroatoms. The minimum absolute atomic E-state index is 0.113.